The number of fused-ring (bicyclic) bond motifs is 3. The fourth-order valence-corrected chi connectivity index (χ4v) is 6.41. The number of aryl methyl sites for hydroxylation is 3. The van der Waals surface area contributed by atoms with E-state index in [0.29, 0.717) is 16.7 Å². The summed E-state index contributed by atoms with van der Waals surface area (Å²) in [5, 5.41) is 0.586. The number of hydrogen-bond acceptors (Lipinski definition) is 3. The Morgan fingerprint density at radius 3 is 1.70 bits per heavy atom. The van der Waals surface area contributed by atoms with Gasteiger partial charge in [0.2, 0.25) is 0 Å². The first-order valence-corrected chi connectivity index (χ1v) is 13.6. The minimum atomic E-state index is -0.526. The quantitative estimate of drug-likeness (QED) is 0.234. The third kappa shape index (κ3) is 3.55. The van der Waals surface area contributed by atoms with Crippen molar-refractivity contribution in [1.82, 2.24) is 0 Å². The van der Waals surface area contributed by atoms with Crippen LogP contribution in [0.2, 0.25) is 0 Å². The maximum Gasteiger partial charge on any atom is 0.192 e. The Morgan fingerprint density at radius 1 is 0.600 bits per heavy atom. The Morgan fingerprint density at radius 2 is 1.15 bits per heavy atom. The van der Waals surface area contributed by atoms with Gasteiger partial charge in [0, 0.05) is 17.8 Å². The molecule has 1 aromatic heterocycles. The molecule has 0 aliphatic carbocycles. The van der Waals surface area contributed by atoms with Crippen LogP contribution in [0.25, 0.3) is 11.0 Å². The summed E-state index contributed by atoms with van der Waals surface area (Å²) in [6, 6.07) is 42.6. The minimum Gasteiger partial charge on any atom is -0.461 e. The summed E-state index contributed by atoms with van der Waals surface area (Å²) >= 11 is 0. The molecule has 0 radical (unpaired) electrons. The zero-order chi connectivity index (χ0) is 27.4. The monoisotopic (exact) mass is 519 g/mol. The Balaban J connectivity index is 1.62. The standard InChI is InChI=1S/C37H29NO2/c1-24-14-18-33-31(20-24)37(27-10-6-4-7-11-27,28-12-8-5-9-13-28)32-21-25(2)15-19-34(32)38(33)29-16-17-30-35(39)22-26(3)40-36(30)23-29/h4-23H,1-3H3. The lowest BCUT2D eigenvalue weighted by atomic mass is 9.62. The molecule has 2 heterocycles. The number of nitrogens with zero attached hydrogens (tertiary/aromatic N) is 1. The van der Waals surface area contributed by atoms with Gasteiger partial charge in [-0.1, -0.05) is 96.1 Å². The number of hydrogen-bond donors (Lipinski definition) is 0. The van der Waals surface area contributed by atoms with Gasteiger partial charge >= 0.3 is 0 Å². The molecular formula is C37H29NO2. The topological polar surface area (TPSA) is 33.5 Å². The summed E-state index contributed by atoms with van der Waals surface area (Å²) in [6.45, 7) is 6.13. The smallest absolute Gasteiger partial charge is 0.192 e. The van der Waals surface area contributed by atoms with Gasteiger partial charge in [-0.3, -0.25) is 4.79 Å². The first-order valence-electron chi connectivity index (χ1n) is 13.6. The molecule has 0 bridgehead atoms. The molecule has 0 saturated heterocycles. The summed E-state index contributed by atoms with van der Waals surface area (Å²) in [5.41, 5.74) is 10.5. The highest BCUT2D eigenvalue weighted by Gasteiger charge is 2.46. The van der Waals surface area contributed by atoms with Crippen molar-refractivity contribution < 1.29 is 4.42 Å². The molecule has 7 rings (SSSR count). The number of rotatable bonds is 3. The van der Waals surface area contributed by atoms with Gasteiger partial charge in [0.1, 0.15) is 11.3 Å². The van der Waals surface area contributed by atoms with Gasteiger partial charge < -0.3 is 9.32 Å². The van der Waals surface area contributed by atoms with E-state index in [2.05, 4.69) is 116 Å². The lowest BCUT2D eigenvalue weighted by Crippen LogP contribution is -2.38. The molecule has 0 fully saturated rings. The van der Waals surface area contributed by atoms with Gasteiger partial charge in [-0.15, -0.1) is 0 Å². The molecule has 1 aliphatic rings. The number of benzene rings is 5. The largest absolute Gasteiger partial charge is 0.461 e. The van der Waals surface area contributed by atoms with Crippen LogP contribution < -0.4 is 10.3 Å². The molecule has 0 unspecified atom stereocenters. The van der Waals surface area contributed by atoms with Gasteiger partial charge in [-0.25, -0.2) is 0 Å². The molecule has 0 atom stereocenters. The van der Waals surface area contributed by atoms with E-state index < -0.39 is 5.41 Å². The highest BCUT2D eigenvalue weighted by atomic mass is 16.3. The third-order valence-corrected chi connectivity index (χ3v) is 8.10. The molecule has 5 aromatic carbocycles. The molecule has 0 amide bonds. The van der Waals surface area contributed by atoms with E-state index in [1.807, 2.05) is 25.1 Å². The van der Waals surface area contributed by atoms with Crippen LogP contribution in [-0.4, -0.2) is 0 Å². The lowest BCUT2D eigenvalue weighted by molar-refractivity contribution is 0.565. The van der Waals surface area contributed by atoms with Crippen LogP contribution in [0.3, 0.4) is 0 Å². The third-order valence-electron chi connectivity index (χ3n) is 8.10. The van der Waals surface area contributed by atoms with E-state index in [0.717, 1.165) is 17.1 Å². The van der Waals surface area contributed by atoms with Crippen LogP contribution >= 0.6 is 0 Å². The van der Waals surface area contributed by atoms with Crippen LogP contribution in [0.1, 0.15) is 39.1 Å². The molecule has 0 spiro atoms. The molecule has 0 saturated carbocycles. The molecular weight excluding hydrogens is 490 g/mol. The molecule has 6 aromatic rings. The average molecular weight is 520 g/mol. The van der Waals surface area contributed by atoms with Crippen molar-refractivity contribution in [2.75, 3.05) is 4.90 Å². The van der Waals surface area contributed by atoms with Gasteiger partial charge in [-0.2, -0.15) is 0 Å². The van der Waals surface area contributed by atoms with Crippen molar-refractivity contribution in [2.45, 2.75) is 26.2 Å². The van der Waals surface area contributed by atoms with Crippen LogP contribution in [0, 0.1) is 20.8 Å². The summed E-state index contributed by atoms with van der Waals surface area (Å²) in [7, 11) is 0. The van der Waals surface area contributed by atoms with E-state index in [9.17, 15) is 4.79 Å². The molecule has 1 aliphatic heterocycles. The second kappa shape index (κ2) is 9.10. The summed E-state index contributed by atoms with van der Waals surface area (Å²) in [5.74, 6) is 0.604. The Kier molecular flexibility index (Phi) is 5.50. The van der Waals surface area contributed by atoms with Crippen LogP contribution in [0.4, 0.5) is 17.1 Å². The van der Waals surface area contributed by atoms with E-state index >= 15 is 0 Å². The molecule has 3 nitrogen and oxygen atoms in total. The predicted octanol–water partition coefficient (Wildman–Crippen LogP) is 8.88. The predicted molar refractivity (Wildman–Crippen MR) is 163 cm³/mol. The maximum atomic E-state index is 12.7. The van der Waals surface area contributed by atoms with E-state index in [-0.39, 0.29) is 5.43 Å². The molecule has 194 valence electrons. The normalized spacial score (nSPS) is 13.6. The van der Waals surface area contributed by atoms with Crippen LogP contribution in [0.15, 0.2) is 131 Å². The van der Waals surface area contributed by atoms with E-state index in [4.69, 9.17) is 4.42 Å². The first kappa shape index (κ1) is 24.2. The van der Waals surface area contributed by atoms with Crippen molar-refractivity contribution in [3.8, 4) is 0 Å². The van der Waals surface area contributed by atoms with Gasteiger partial charge in [0.15, 0.2) is 5.43 Å². The summed E-state index contributed by atoms with van der Waals surface area (Å²) in [6.07, 6.45) is 0. The van der Waals surface area contributed by atoms with E-state index in [1.165, 1.54) is 33.4 Å². The minimum absolute atomic E-state index is 0.0248. The molecule has 40 heavy (non-hydrogen) atoms. The van der Waals surface area contributed by atoms with Crippen LogP contribution in [0.5, 0.6) is 0 Å². The van der Waals surface area contributed by atoms with Crippen molar-refractivity contribution in [1.29, 1.82) is 0 Å². The Hall–Kier alpha value is -4.89. The first-order chi connectivity index (χ1) is 19.5. The highest BCUT2D eigenvalue weighted by molar-refractivity contribution is 5.92. The highest BCUT2D eigenvalue weighted by Crippen LogP contribution is 2.58. The van der Waals surface area contributed by atoms with Crippen LogP contribution in [-0.2, 0) is 5.41 Å². The molecule has 3 heteroatoms. The lowest BCUT2D eigenvalue weighted by Gasteiger charge is -2.46. The van der Waals surface area contributed by atoms with E-state index in [1.54, 1.807) is 6.07 Å². The zero-order valence-electron chi connectivity index (χ0n) is 22.8. The zero-order valence-corrected chi connectivity index (χ0v) is 22.8. The number of anilines is 3. The second-order valence-electron chi connectivity index (χ2n) is 10.8. The van der Waals surface area contributed by atoms with Crippen molar-refractivity contribution >= 4 is 28.0 Å². The van der Waals surface area contributed by atoms with Crippen molar-refractivity contribution in [3.05, 3.63) is 171 Å². The fraction of sp³-hybridized carbons (Fsp3) is 0.108. The SMILES string of the molecule is Cc1ccc2c(c1)C(c1ccccc1)(c1ccccc1)c1cc(C)ccc1N2c1ccc2c(=O)cc(C)oc2c1. The van der Waals surface area contributed by atoms with Gasteiger partial charge in [0.05, 0.1) is 22.2 Å². The summed E-state index contributed by atoms with van der Waals surface area (Å²) in [4.78, 5) is 15.0. The Labute approximate surface area is 234 Å². The van der Waals surface area contributed by atoms with Gasteiger partial charge in [0.25, 0.3) is 0 Å². The molecule has 0 N–H and O–H groups in total. The second-order valence-corrected chi connectivity index (χ2v) is 10.8. The average Bonchev–Trinajstić information content (AvgIpc) is 2.96. The fourth-order valence-electron chi connectivity index (χ4n) is 6.41. The Bertz CT molecular complexity index is 1860. The van der Waals surface area contributed by atoms with Gasteiger partial charge in [-0.05, 0) is 67.3 Å². The van der Waals surface area contributed by atoms with Crippen molar-refractivity contribution in [3.63, 3.8) is 0 Å². The van der Waals surface area contributed by atoms with Crippen molar-refractivity contribution in [2.24, 2.45) is 0 Å². The summed E-state index contributed by atoms with van der Waals surface area (Å²) < 4.78 is 6.04. The maximum absolute atomic E-state index is 12.7.